The summed E-state index contributed by atoms with van der Waals surface area (Å²) in [6.45, 7) is -7.45. The Hall–Kier alpha value is -2.33. The van der Waals surface area contributed by atoms with Crippen molar-refractivity contribution in [1.82, 2.24) is 5.32 Å². The van der Waals surface area contributed by atoms with E-state index in [4.69, 9.17) is 61.7 Å². The fraction of sp³-hybridized carbons (Fsp3) is 0.930. The molecule has 6 rings (SSSR count). The molecule has 6 saturated heterocycles. The van der Waals surface area contributed by atoms with Crippen LogP contribution in [0.5, 0.6) is 0 Å². The Morgan fingerprint density at radius 3 is 1.26 bits per heavy atom. The Labute approximate surface area is 489 Å². The molecule has 0 aromatic heterocycles. The van der Waals surface area contributed by atoms with E-state index in [1.54, 1.807) is 0 Å². The van der Waals surface area contributed by atoms with Gasteiger partial charge in [0, 0.05) is 6.21 Å². The van der Waals surface area contributed by atoms with Crippen LogP contribution in [-0.2, 0) is 89.4 Å². The number of ketones is 1. The predicted molar refractivity (Wildman–Crippen MR) is 254 cm³/mol. The van der Waals surface area contributed by atoms with Crippen molar-refractivity contribution in [2.45, 2.75) is 191 Å². The van der Waals surface area contributed by atoms with Gasteiger partial charge in [0.15, 0.2) is 50.1 Å². The molecule has 0 spiro atoms. The quantitative estimate of drug-likeness (QED) is 0.0196. The highest BCUT2D eigenvalue weighted by atomic mass is 31.2. The van der Waals surface area contributed by atoms with Crippen LogP contribution in [0.15, 0.2) is 5.16 Å². The second kappa shape index (κ2) is 32.5. The van der Waals surface area contributed by atoms with Gasteiger partial charge >= 0.3 is 0 Å². The van der Waals surface area contributed by atoms with Crippen LogP contribution in [0, 0.1) is 0 Å². The van der Waals surface area contributed by atoms with Crippen LogP contribution in [0.2, 0.25) is 0 Å². The van der Waals surface area contributed by atoms with E-state index in [0.29, 0.717) is 0 Å². The number of hydrogen-bond donors (Lipinski definition) is 18. The fourth-order valence-corrected chi connectivity index (χ4v) is 9.98. The average molecular weight is 1320 g/mol. The molecule has 12 unspecified atom stereocenters. The topological polar surface area (TPSA) is 667 Å². The molecule has 87 heavy (non-hydrogen) atoms. The molecule has 1 amide bonds. The van der Waals surface area contributed by atoms with Gasteiger partial charge in [-0.05, 0) is 6.92 Å². The van der Waals surface area contributed by atoms with Crippen LogP contribution in [0.3, 0.4) is 0 Å². The second-order valence-corrected chi connectivity index (χ2v) is 22.5. The number of Topliss-reactive ketones (excluding diaryl/α,β-unsaturated/α-hetero) is 1. The number of rotatable bonds is 28. The summed E-state index contributed by atoms with van der Waals surface area (Å²) >= 11 is 0. The molecule has 0 saturated carbocycles. The Balaban J connectivity index is 1.21. The third-order valence-corrected chi connectivity index (χ3v) is 15.0. The molecule has 42 nitrogen and oxygen atoms in total. The van der Waals surface area contributed by atoms with Crippen molar-refractivity contribution in [3.63, 3.8) is 0 Å². The minimum absolute atomic E-state index is 0.570. The van der Waals surface area contributed by atoms with Gasteiger partial charge in [0.25, 0.3) is 0 Å². The summed E-state index contributed by atoms with van der Waals surface area (Å²) in [4.78, 5) is 74.4. The summed E-state index contributed by atoms with van der Waals surface area (Å²) in [6, 6.07) is 0. The highest BCUT2D eigenvalue weighted by Gasteiger charge is 2.56. The van der Waals surface area contributed by atoms with Gasteiger partial charge in [-0.2, -0.15) is 0 Å². The van der Waals surface area contributed by atoms with E-state index in [-0.39, 0.29) is 0 Å². The lowest BCUT2D eigenvalue weighted by Gasteiger charge is -2.49. The van der Waals surface area contributed by atoms with Crippen LogP contribution in [-0.4, -0.2) is 348 Å². The van der Waals surface area contributed by atoms with E-state index in [1.165, 1.54) is 13.1 Å². The maximum Gasteiger partial charge on any atom is 0.246 e. The number of hydrogen-bond acceptors (Lipinski definition) is 41. The summed E-state index contributed by atoms with van der Waals surface area (Å²) in [6.07, 6.45) is -62.5. The lowest BCUT2D eigenvalue weighted by atomic mass is 9.96. The van der Waals surface area contributed by atoms with E-state index in [2.05, 4.69) is 19.5 Å². The molecule has 6 fully saturated rings. The molecule has 0 aliphatic carbocycles. The number of amides is 1. The maximum atomic E-state index is 12.9. The fourth-order valence-electron chi connectivity index (χ4n) is 9.32. The minimum atomic E-state index is -5.76. The van der Waals surface area contributed by atoms with Gasteiger partial charge in [0.05, 0.1) is 61.8 Å². The predicted octanol–water partition coefficient (Wildman–Crippen LogP) is -16.7. The smallest absolute Gasteiger partial charge is 0.246 e. The van der Waals surface area contributed by atoms with Crippen molar-refractivity contribution in [3.8, 4) is 0 Å². The molecule has 6 heterocycles. The van der Waals surface area contributed by atoms with Gasteiger partial charge in [-0.1, -0.05) is 5.16 Å². The molecular formula is C43H70N2O40P2-4. The standard InChI is InChI=1S/C43H74N2O40P2/c1-2-45-74-6-12(48)3-44-19(49)11-73-39-34(64)35(83-43-37(30(60)21(51)14(5-47)78-43)85-41-33(63)28(58)24(54)18(82-41)10-76-87(68,69)70)25(55)16(80-39)8-71-38-31(61)26(56)22(52)15(79-38)7-72-42-36(29(59)20(50)13(4-46)77-42)84-40-32(62)27(57)23(53)17(81-40)9-75-86(65,66)67/h2,13-18,20-43,46-47,50-64H,3-11H2,1H3,(H,44,49)(H2,65,66,67)(H2,68,69,70)/p-4/t13?,14?,15?,16?,17?,18?,20-,21-,22-,23-,24-,25-,26+,27+,28+,29+,30+,31?,32?,33?,34?,35+,36?,37?,38+,39-,40-,41-,42+,43-/m1/s1. The number of nitrogens with zero attached hydrogens (tertiary/aromatic N) is 1. The third kappa shape index (κ3) is 19.2. The number of carbonyl (C=O) groups is 2. The van der Waals surface area contributed by atoms with Crippen molar-refractivity contribution in [2.24, 2.45) is 5.16 Å². The molecule has 0 bridgehead atoms. The Kier molecular flexibility index (Phi) is 27.5. The largest absolute Gasteiger partial charge is 0.790 e. The summed E-state index contributed by atoms with van der Waals surface area (Å²) in [5.74, 6) is -1.73. The lowest BCUT2D eigenvalue weighted by molar-refractivity contribution is -0.391. The highest BCUT2D eigenvalue weighted by molar-refractivity contribution is 7.43. The Morgan fingerprint density at radius 1 is 0.437 bits per heavy atom. The molecule has 0 radical (unpaired) electrons. The molecule has 0 aromatic rings. The summed E-state index contributed by atoms with van der Waals surface area (Å²) in [7, 11) is -11.5. The van der Waals surface area contributed by atoms with E-state index >= 15 is 0 Å². The summed E-state index contributed by atoms with van der Waals surface area (Å²) in [5.41, 5.74) is 0. The molecule has 0 aromatic carbocycles. The molecule has 6 aliphatic heterocycles. The highest BCUT2D eigenvalue weighted by Crippen LogP contribution is 2.37. The third-order valence-electron chi connectivity index (χ3n) is 14.1. The molecule has 506 valence electrons. The van der Waals surface area contributed by atoms with Gasteiger partial charge in [0.2, 0.25) is 5.91 Å². The van der Waals surface area contributed by atoms with Crippen LogP contribution in [0.4, 0.5) is 0 Å². The SMILES string of the molecule is CC=NOCC(=O)CNC(=O)CO[C@@H]1OC(CO[C@H]2OC(CO[C@H]3OC(CO)[C@@H](O)[C@H](O)C3O[C@H]3OC(COP(=O)([O-])[O-])[C@@H](O)[C@H](O)C3O)[C@@H](O)[C@H](O)C2O)[C@@H](O)[C@H](O[C@H]2OC(CO)[C@@H](O)[C@H](O)C2O[C@H]2OC(COP(=O)([O-])[O-])[C@@H](O)[C@H](O)C2O)C1O. The summed E-state index contributed by atoms with van der Waals surface area (Å²) in [5, 5.41) is 189. The van der Waals surface area contributed by atoms with Crippen molar-refractivity contribution in [2.75, 3.05) is 59.4 Å². The van der Waals surface area contributed by atoms with Crippen molar-refractivity contribution >= 4 is 33.6 Å². The Bertz CT molecular complexity index is 2280. The number of phosphoric acid groups is 2. The number of aliphatic hydroxyl groups is 17. The van der Waals surface area contributed by atoms with Gasteiger partial charge in [-0.3, -0.25) is 9.59 Å². The zero-order valence-corrected chi connectivity index (χ0v) is 46.9. The number of carbonyl (C=O) groups excluding carboxylic acids is 2. The number of aliphatic hydroxyl groups excluding tert-OH is 17. The molecule has 18 N–H and O–H groups in total. The number of nitrogens with one attached hydrogen (secondary N) is 1. The maximum absolute atomic E-state index is 12.9. The first-order chi connectivity index (χ1) is 40.8. The zero-order chi connectivity index (χ0) is 64.6. The molecule has 6 aliphatic rings. The van der Waals surface area contributed by atoms with Gasteiger partial charge in [0.1, 0.15) is 153 Å². The minimum Gasteiger partial charge on any atom is -0.790 e. The van der Waals surface area contributed by atoms with Gasteiger partial charge in [-0.15, -0.1) is 0 Å². The van der Waals surface area contributed by atoms with Crippen molar-refractivity contribution in [3.05, 3.63) is 0 Å². The van der Waals surface area contributed by atoms with Crippen LogP contribution in [0.25, 0.3) is 0 Å². The van der Waals surface area contributed by atoms with Crippen LogP contribution < -0.4 is 24.9 Å². The van der Waals surface area contributed by atoms with Gasteiger partial charge in [-0.25, -0.2) is 0 Å². The average Bonchev–Trinajstić information content (AvgIpc) is 0.898. The van der Waals surface area contributed by atoms with Gasteiger partial charge < -0.3 is 192 Å². The molecule has 44 heteroatoms. The second-order valence-electron chi connectivity index (χ2n) is 20.2. The van der Waals surface area contributed by atoms with E-state index in [1.807, 2.05) is 0 Å². The first-order valence-electron chi connectivity index (χ1n) is 26.2. The Morgan fingerprint density at radius 2 is 0.805 bits per heavy atom. The molecular weight excluding hydrogens is 1250 g/mol. The lowest BCUT2D eigenvalue weighted by Crippen LogP contribution is -2.67. The number of ether oxygens (including phenoxy) is 12. The number of oxime groups is 1. The normalized spacial score (nSPS) is 44.2. The van der Waals surface area contributed by atoms with E-state index in [9.17, 15) is 125 Å². The van der Waals surface area contributed by atoms with Crippen LogP contribution in [0.1, 0.15) is 6.92 Å². The van der Waals surface area contributed by atoms with E-state index in [0.717, 1.165) is 0 Å². The number of phosphoric ester groups is 2. The first-order valence-corrected chi connectivity index (χ1v) is 29.1. The van der Waals surface area contributed by atoms with Crippen molar-refractivity contribution in [1.29, 1.82) is 0 Å². The van der Waals surface area contributed by atoms with Crippen molar-refractivity contribution < 1.29 is 196 Å². The zero-order valence-electron chi connectivity index (χ0n) is 45.1. The van der Waals surface area contributed by atoms with Crippen LogP contribution >= 0.6 is 15.6 Å². The van der Waals surface area contributed by atoms with E-state index < -0.39 is 271 Å². The monoisotopic (exact) mass is 1320 g/mol. The first kappa shape index (κ1) is 73.7. The summed E-state index contributed by atoms with van der Waals surface area (Å²) < 4.78 is 97.7. The molecule has 30 atom stereocenters.